The zero-order valence-electron chi connectivity index (χ0n) is 14.1. The monoisotopic (exact) mass is 349 g/mol. The third-order valence-corrected chi connectivity index (χ3v) is 4.76. The van der Waals surface area contributed by atoms with E-state index >= 15 is 0 Å². The number of benzene rings is 1. The molecule has 1 aliphatic rings. The lowest BCUT2D eigenvalue weighted by molar-refractivity contribution is 0.174. The number of urea groups is 1. The minimum atomic E-state index is 0.0400. The van der Waals surface area contributed by atoms with E-state index in [4.69, 9.17) is 16.0 Å². The van der Waals surface area contributed by atoms with E-state index in [0.29, 0.717) is 17.6 Å². The predicted octanol–water partition coefficient (Wildman–Crippen LogP) is 3.93. The van der Waals surface area contributed by atoms with E-state index < -0.39 is 0 Å². The summed E-state index contributed by atoms with van der Waals surface area (Å²) in [6.45, 7) is 6.28. The van der Waals surface area contributed by atoms with E-state index in [1.54, 1.807) is 0 Å². The number of carbonyl (C=O) groups is 1. The van der Waals surface area contributed by atoms with Crippen LogP contribution in [-0.4, -0.2) is 36.6 Å². The van der Waals surface area contributed by atoms with Gasteiger partial charge in [-0.25, -0.2) is 4.79 Å². The summed E-state index contributed by atoms with van der Waals surface area (Å²) in [6.07, 6.45) is 1.90. The van der Waals surface area contributed by atoms with E-state index in [0.717, 1.165) is 42.7 Å². The molecule has 0 saturated carbocycles. The second-order valence-electron chi connectivity index (χ2n) is 6.32. The summed E-state index contributed by atoms with van der Waals surface area (Å²) < 4.78 is 5.92. The molecule has 1 aromatic carbocycles. The SMILES string of the molecule is CCNC(=O)N1CCC(N[C@@H](C)c2cc3cc(Cl)ccc3o2)CC1. The van der Waals surface area contributed by atoms with Crippen LogP contribution in [0.15, 0.2) is 28.7 Å². The average Bonchev–Trinajstić information content (AvgIpc) is 2.99. The first-order valence-electron chi connectivity index (χ1n) is 8.54. The van der Waals surface area contributed by atoms with E-state index in [1.165, 1.54) is 0 Å². The number of piperidine rings is 1. The highest BCUT2D eigenvalue weighted by Crippen LogP contribution is 2.27. The van der Waals surface area contributed by atoms with Gasteiger partial charge in [-0.05, 0) is 51.0 Å². The summed E-state index contributed by atoms with van der Waals surface area (Å²) in [6, 6.07) is 8.26. The number of hydrogen-bond acceptors (Lipinski definition) is 3. The van der Waals surface area contributed by atoms with Crippen molar-refractivity contribution < 1.29 is 9.21 Å². The van der Waals surface area contributed by atoms with Gasteiger partial charge in [-0.1, -0.05) is 11.6 Å². The molecular weight excluding hydrogens is 326 g/mol. The minimum Gasteiger partial charge on any atom is -0.459 e. The van der Waals surface area contributed by atoms with Crippen molar-refractivity contribution in [1.29, 1.82) is 0 Å². The van der Waals surface area contributed by atoms with Crippen LogP contribution in [-0.2, 0) is 0 Å². The van der Waals surface area contributed by atoms with Crippen molar-refractivity contribution in [1.82, 2.24) is 15.5 Å². The Morgan fingerprint density at radius 3 is 2.83 bits per heavy atom. The summed E-state index contributed by atoms with van der Waals surface area (Å²) in [4.78, 5) is 13.7. The van der Waals surface area contributed by atoms with Crippen molar-refractivity contribution >= 4 is 28.6 Å². The molecule has 0 bridgehead atoms. The molecule has 0 unspecified atom stereocenters. The second kappa shape index (κ2) is 7.45. The highest BCUT2D eigenvalue weighted by molar-refractivity contribution is 6.31. The van der Waals surface area contributed by atoms with Gasteiger partial charge in [0, 0.05) is 36.1 Å². The van der Waals surface area contributed by atoms with Gasteiger partial charge in [0.2, 0.25) is 0 Å². The van der Waals surface area contributed by atoms with Crippen molar-refractivity contribution in [2.75, 3.05) is 19.6 Å². The van der Waals surface area contributed by atoms with Gasteiger partial charge >= 0.3 is 6.03 Å². The van der Waals surface area contributed by atoms with Crippen molar-refractivity contribution in [3.63, 3.8) is 0 Å². The van der Waals surface area contributed by atoms with Gasteiger partial charge in [-0.3, -0.25) is 0 Å². The Hall–Kier alpha value is -1.72. The standard InChI is InChI=1S/C18H24ClN3O2/c1-3-20-18(23)22-8-6-15(7-9-22)21-12(2)17-11-13-10-14(19)4-5-16(13)24-17/h4-5,10-12,15,21H,3,6-9H2,1-2H3,(H,20,23)/t12-/m0/s1. The Bertz CT molecular complexity index is 707. The van der Waals surface area contributed by atoms with Gasteiger partial charge in [0.1, 0.15) is 11.3 Å². The fourth-order valence-corrected chi connectivity index (χ4v) is 3.38. The Balaban J connectivity index is 1.57. The summed E-state index contributed by atoms with van der Waals surface area (Å²) in [5, 5.41) is 8.22. The van der Waals surface area contributed by atoms with Crippen LogP contribution in [0, 0.1) is 0 Å². The van der Waals surface area contributed by atoms with Crippen LogP contribution < -0.4 is 10.6 Å². The molecule has 1 fully saturated rings. The average molecular weight is 350 g/mol. The first-order valence-corrected chi connectivity index (χ1v) is 8.92. The molecule has 1 aliphatic heterocycles. The Morgan fingerprint density at radius 1 is 1.38 bits per heavy atom. The number of amides is 2. The molecule has 1 atom stereocenters. The molecule has 24 heavy (non-hydrogen) atoms. The summed E-state index contributed by atoms with van der Waals surface area (Å²) in [5.74, 6) is 0.915. The molecule has 2 heterocycles. The lowest BCUT2D eigenvalue weighted by atomic mass is 10.0. The third-order valence-electron chi connectivity index (χ3n) is 4.52. The molecule has 0 spiro atoms. The molecule has 3 rings (SSSR count). The highest BCUT2D eigenvalue weighted by atomic mass is 35.5. The molecule has 2 aromatic rings. The normalized spacial score (nSPS) is 17.2. The van der Waals surface area contributed by atoms with Crippen LogP contribution in [0.3, 0.4) is 0 Å². The van der Waals surface area contributed by atoms with Crippen molar-refractivity contribution in [3.8, 4) is 0 Å². The van der Waals surface area contributed by atoms with Gasteiger partial charge < -0.3 is 20.0 Å². The van der Waals surface area contributed by atoms with Gasteiger partial charge in [0.25, 0.3) is 0 Å². The lowest BCUT2D eigenvalue weighted by Crippen LogP contribution is -2.48. The number of carbonyl (C=O) groups excluding carboxylic acids is 1. The summed E-state index contributed by atoms with van der Waals surface area (Å²) >= 11 is 6.03. The Labute approximate surface area is 147 Å². The van der Waals surface area contributed by atoms with Gasteiger partial charge in [0.05, 0.1) is 6.04 Å². The first kappa shape index (κ1) is 17.1. The molecule has 1 saturated heterocycles. The Kier molecular flexibility index (Phi) is 5.31. The zero-order valence-corrected chi connectivity index (χ0v) is 14.9. The van der Waals surface area contributed by atoms with Crippen molar-refractivity contribution in [3.05, 3.63) is 35.0 Å². The topological polar surface area (TPSA) is 57.5 Å². The van der Waals surface area contributed by atoms with Crippen LogP contribution in [0.25, 0.3) is 11.0 Å². The summed E-state index contributed by atoms with van der Waals surface area (Å²) in [7, 11) is 0. The maximum Gasteiger partial charge on any atom is 0.317 e. The fourth-order valence-electron chi connectivity index (χ4n) is 3.20. The minimum absolute atomic E-state index is 0.0400. The molecule has 1 aromatic heterocycles. The van der Waals surface area contributed by atoms with Crippen LogP contribution in [0.4, 0.5) is 4.79 Å². The van der Waals surface area contributed by atoms with E-state index in [-0.39, 0.29) is 12.1 Å². The molecular formula is C18H24ClN3O2. The van der Waals surface area contributed by atoms with Gasteiger partial charge in [0.15, 0.2) is 0 Å². The maximum atomic E-state index is 11.8. The third kappa shape index (κ3) is 3.84. The number of halogens is 1. The predicted molar refractivity (Wildman–Crippen MR) is 96.4 cm³/mol. The molecule has 2 amide bonds. The number of hydrogen-bond donors (Lipinski definition) is 2. The van der Waals surface area contributed by atoms with Crippen LogP contribution in [0.5, 0.6) is 0 Å². The van der Waals surface area contributed by atoms with E-state index in [1.807, 2.05) is 36.1 Å². The molecule has 5 nitrogen and oxygen atoms in total. The molecule has 0 aliphatic carbocycles. The second-order valence-corrected chi connectivity index (χ2v) is 6.75. The molecule has 6 heteroatoms. The number of likely N-dealkylation sites (tertiary alicyclic amines) is 1. The van der Waals surface area contributed by atoms with Gasteiger partial charge in [-0.15, -0.1) is 0 Å². The number of furan rings is 1. The first-order chi connectivity index (χ1) is 11.6. The van der Waals surface area contributed by atoms with Gasteiger partial charge in [-0.2, -0.15) is 0 Å². The fraction of sp³-hybridized carbons (Fsp3) is 0.500. The lowest BCUT2D eigenvalue weighted by Gasteiger charge is -2.33. The smallest absolute Gasteiger partial charge is 0.317 e. The molecule has 130 valence electrons. The highest BCUT2D eigenvalue weighted by Gasteiger charge is 2.24. The van der Waals surface area contributed by atoms with E-state index in [9.17, 15) is 4.79 Å². The number of nitrogens with one attached hydrogen (secondary N) is 2. The van der Waals surface area contributed by atoms with Crippen LogP contribution >= 0.6 is 11.6 Å². The van der Waals surface area contributed by atoms with Crippen molar-refractivity contribution in [2.45, 2.75) is 38.8 Å². The number of fused-ring (bicyclic) bond motifs is 1. The van der Waals surface area contributed by atoms with Crippen molar-refractivity contribution in [2.24, 2.45) is 0 Å². The van der Waals surface area contributed by atoms with Crippen LogP contribution in [0.2, 0.25) is 5.02 Å². The van der Waals surface area contributed by atoms with Crippen LogP contribution in [0.1, 0.15) is 38.5 Å². The maximum absolute atomic E-state index is 11.8. The molecule has 0 radical (unpaired) electrons. The molecule has 2 N–H and O–H groups in total. The number of rotatable bonds is 4. The number of nitrogens with zero attached hydrogens (tertiary/aromatic N) is 1. The zero-order chi connectivity index (χ0) is 17.1. The Morgan fingerprint density at radius 2 is 2.12 bits per heavy atom. The summed E-state index contributed by atoms with van der Waals surface area (Å²) in [5.41, 5.74) is 0.856. The van der Waals surface area contributed by atoms with E-state index in [2.05, 4.69) is 17.6 Å². The quantitative estimate of drug-likeness (QED) is 0.879. The largest absolute Gasteiger partial charge is 0.459 e.